The third-order valence-corrected chi connectivity index (χ3v) is 3.01. The highest BCUT2D eigenvalue weighted by Gasteiger charge is 2.16. The number of benzene rings is 2. The standard InChI is InChI=1S/C10H8O8S2/c11-19(12,13)17-9-5-6-10(18-20(14,15)16)8-4-2-1-3-7(8)9/h1-6H,(H,11,12,13)(H,14,15,16). The fourth-order valence-corrected chi connectivity index (χ4v) is 2.36. The number of hydrogen-bond acceptors (Lipinski definition) is 6. The zero-order chi connectivity index (χ0) is 15.0. The van der Waals surface area contributed by atoms with E-state index in [2.05, 4.69) is 8.37 Å². The van der Waals surface area contributed by atoms with Gasteiger partial charge in [0, 0.05) is 10.8 Å². The summed E-state index contributed by atoms with van der Waals surface area (Å²) < 4.78 is 69.0. The second-order valence-electron chi connectivity index (χ2n) is 3.63. The van der Waals surface area contributed by atoms with Gasteiger partial charge in [0.2, 0.25) is 0 Å². The monoisotopic (exact) mass is 320 g/mol. The van der Waals surface area contributed by atoms with Crippen LogP contribution >= 0.6 is 0 Å². The number of fused-ring (bicyclic) bond motifs is 1. The fraction of sp³-hybridized carbons (Fsp3) is 0. The first-order valence-electron chi connectivity index (χ1n) is 5.01. The van der Waals surface area contributed by atoms with Gasteiger partial charge in [0.15, 0.2) is 11.5 Å². The maximum atomic E-state index is 10.7. The summed E-state index contributed by atoms with van der Waals surface area (Å²) in [7, 11) is -9.45. The Morgan fingerprint density at radius 3 is 1.35 bits per heavy atom. The van der Waals surface area contributed by atoms with Crippen LogP contribution in [0.25, 0.3) is 10.8 Å². The largest absolute Gasteiger partial charge is 0.446 e. The molecule has 0 saturated heterocycles. The van der Waals surface area contributed by atoms with Crippen molar-refractivity contribution in [3.63, 3.8) is 0 Å². The van der Waals surface area contributed by atoms with Crippen LogP contribution in [-0.2, 0) is 20.8 Å². The molecule has 2 aromatic carbocycles. The number of hydrogen-bond donors (Lipinski definition) is 2. The number of rotatable bonds is 4. The zero-order valence-electron chi connectivity index (χ0n) is 9.62. The van der Waals surface area contributed by atoms with Gasteiger partial charge < -0.3 is 8.37 Å². The summed E-state index contributed by atoms with van der Waals surface area (Å²) in [6.45, 7) is 0. The smallest absolute Gasteiger partial charge is 0.361 e. The highest BCUT2D eigenvalue weighted by molar-refractivity contribution is 7.81. The topological polar surface area (TPSA) is 127 Å². The Labute approximate surface area is 114 Å². The van der Waals surface area contributed by atoms with Crippen molar-refractivity contribution in [1.29, 1.82) is 0 Å². The molecular weight excluding hydrogens is 312 g/mol. The lowest BCUT2D eigenvalue weighted by atomic mass is 10.1. The van der Waals surface area contributed by atoms with Crippen molar-refractivity contribution >= 4 is 31.6 Å². The molecule has 0 unspecified atom stereocenters. The third kappa shape index (κ3) is 3.57. The Kier molecular flexibility index (Phi) is 3.56. The Bertz CT molecular complexity index is 781. The van der Waals surface area contributed by atoms with Gasteiger partial charge in [-0.25, -0.2) is 0 Å². The lowest BCUT2D eigenvalue weighted by molar-refractivity contribution is 0.383. The molecule has 0 atom stereocenters. The Hall–Kier alpha value is -1.88. The lowest BCUT2D eigenvalue weighted by Crippen LogP contribution is -2.09. The van der Waals surface area contributed by atoms with Gasteiger partial charge in [-0.3, -0.25) is 9.11 Å². The van der Waals surface area contributed by atoms with E-state index in [4.69, 9.17) is 9.11 Å². The molecule has 0 amide bonds. The van der Waals surface area contributed by atoms with Crippen LogP contribution < -0.4 is 8.37 Å². The molecule has 0 saturated carbocycles. The molecule has 0 bridgehead atoms. The van der Waals surface area contributed by atoms with E-state index in [9.17, 15) is 16.8 Å². The minimum absolute atomic E-state index is 0.172. The molecule has 0 aromatic heterocycles. The summed E-state index contributed by atoms with van der Waals surface area (Å²) >= 11 is 0. The zero-order valence-corrected chi connectivity index (χ0v) is 11.3. The molecule has 20 heavy (non-hydrogen) atoms. The highest BCUT2D eigenvalue weighted by Crippen LogP contribution is 2.34. The molecule has 0 aliphatic carbocycles. The molecule has 0 fully saturated rings. The molecular formula is C10H8O8S2. The fourth-order valence-electron chi connectivity index (χ4n) is 1.62. The van der Waals surface area contributed by atoms with E-state index >= 15 is 0 Å². The molecule has 2 N–H and O–H groups in total. The van der Waals surface area contributed by atoms with Crippen LogP contribution in [0.15, 0.2) is 36.4 Å². The van der Waals surface area contributed by atoms with Crippen LogP contribution in [0.3, 0.4) is 0 Å². The van der Waals surface area contributed by atoms with Crippen LogP contribution in [0.4, 0.5) is 0 Å². The summed E-state index contributed by atoms with van der Waals surface area (Å²) in [6, 6.07) is 8.08. The first kappa shape index (κ1) is 14.5. The molecule has 10 heteroatoms. The van der Waals surface area contributed by atoms with Crippen LogP contribution in [0.1, 0.15) is 0 Å². The van der Waals surface area contributed by atoms with E-state index in [-0.39, 0.29) is 22.3 Å². The van der Waals surface area contributed by atoms with Crippen molar-refractivity contribution in [3.05, 3.63) is 36.4 Å². The molecule has 0 aliphatic rings. The van der Waals surface area contributed by atoms with Gasteiger partial charge in [-0.15, -0.1) is 0 Å². The SMILES string of the molecule is O=S(=O)(O)Oc1ccc(OS(=O)(=O)O)c2ccccc12. The first-order valence-corrected chi connectivity index (χ1v) is 7.74. The Balaban J connectivity index is 2.64. The van der Waals surface area contributed by atoms with Crippen LogP contribution in [-0.4, -0.2) is 25.9 Å². The second kappa shape index (κ2) is 4.90. The summed E-state index contributed by atoms with van der Waals surface area (Å²) in [4.78, 5) is 0. The molecule has 0 spiro atoms. The summed E-state index contributed by atoms with van der Waals surface area (Å²) in [6.07, 6.45) is 0. The minimum atomic E-state index is -4.73. The van der Waals surface area contributed by atoms with Crippen molar-refractivity contribution in [1.82, 2.24) is 0 Å². The van der Waals surface area contributed by atoms with Gasteiger partial charge in [-0.1, -0.05) is 24.3 Å². The van der Waals surface area contributed by atoms with Gasteiger partial charge in [-0.2, -0.15) is 16.8 Å². The maximum absolute atomic E-state index is 10.7. The average Bonchev–Trinajstić information content (AvgIpc) is 2.29. The quantitative estimate of drug-likeness (QED) is 0.804. The van der Waals surface area contributed by atoms with E-state index < -0.39 is 20.8 Å². The van der Waals surface area contributed by atoms with E-state index in [1.54, 1.807) is 0 Å². The van der Waals surface area contributed by atoms with Crippen molar-refractivity contribution in [3.8, 4) is 11.5 Å². The van der Waals surface area contributed by atoms with Crippen molar-refractivity contribution < 1.29 is 34.3 Å². The summed E-state index contributed by atoms with van der Waals surface area (Å²) in [5.74, 6) is -0.434. The molecule has 2 rings (SSSR count). The maximum Gasteiger partial charge on any atom is 0.446 e. The molecule has 0 radical (unpaired) electrons. The normalized spacial score (nSPS) is 12.3. The first-order chi connectivity index (χ1) is 9.16. The minimum Gasteiger partial charge on any atom is -0.361 e. The predicted molar refractivity (Wildman–Crippen MR) is 68.3 cm³/mol. The van der Waals surface area contributed by atoms with Crippen molar-refractivity contribution in [2.75, 3.05) is 0 Å². The molecule has 0 heterocycles. The van der Waals surface area contributed by atoms with E-state index in [0.29, 0.717) is 0 Å². The van der Waals surface area contributed by atoms with Gasteiger partial charge in [-0.05, 0) is 12.1 Å². The second-order valence-corrected chi connectivity index (χ2v) is 5.67. The lowest BCUT2D eigenvalue weighted by Gasteiger charge is -2.09. The van der Waals surface area contributed by atoms with Crippen molar-refractivity contribution in [2.24, 2.45) is 0 Å². The Morgan fingerprint density at radius 2 is 1.05 bits per heavy atom. The van der Waals surface area contributed by atoms with Crippen LogP contribution in [0, 0.1) is 0 Å². The summed E-state index contributed by atoms with van der Waals surface area (Å²) in [5, 5.41) is 0.345. The van der Waals surface area contributed by atoms with Crippen molar-refractivity contribution in [2.45, 2.75) is 0 Å². The molecule has 2 aromatic rings. The molecule has 8 nitrogen and oxygen atoms in total. The predicted octanol–water partition coefficient (Wildman–Crippen LogP) is 1.20. The van der Waals surface area contributed by atoms with Gasteiger partial charge in [0.25, 0.3) is 0 Å². The van der Waals surface area contributed by atoms with Crippen LogP contribution in [0.5, 0.6) is 11.5 Å². The van der Waals surface area contributed by atoms with E-state index in [1.807, 2.05) is 0 Å². The van der Waals surface area contributed by atoms with Gasteiger partial charge in [0.1, 0.15) is 0 Å². The van der Waals surface area contributed by atoms with E-state index in [1.165, 1.54) is 24.3 Å². The van der Waals surface area contributed by atoms with E-state index in [0.717, 1.165) is 12.1 Å². The Morgan fingerprint density at radius 1 is 0.700 bits per heavy atom. The average molecular weight is 320 g/mol. The summed E-state index contributed by atoms with van der Waals surface area (Å²) in [5.41, 5.74) is 0. The molecule has 0 aliphatic heterocycles. The highest BCUT2D eigenvalue weighted by atomic mass is 32.3. The van der Waals surface area contributed by atoms with Gasteiger partial charge >= 0.3 is 20.8 Å². The van der Waals surface area contributed by atoms with Crippen LogP contribution in [0.2, 0.25) is 0 Å². The van der Waals surface area contributed by atoms with Gasteiger partial charge in [0.05, 0.1) is 0 Å². The molecule has 108 valence electrons. The third-order valence-electron chi connectivity index (χ3n) is 2.23.